The lowest BCUT2D eigenvalue weighted by atomic mass is 10.0. The number of carbonyl (C=O) groups excluding carboxylic acids is 2. The Morgan fingerprint density at radius 3 is 1.67 bits per heavy atom. The second-order valence-electron chi connectivity index (χ2n) is 8.41. The maximum atomic E-state index is 12.4. The molecule has 1 aromatic rings. The summed E-state index contributed by atoms with van der Waals surface area (Å²) in [5.74, 6) is -1.69. The van der Waals surface area contributed by atoms with Gasteiger partial charge >= 0.3 is 22.1 Å². The van der Waals surface area contributed by atoms with Crippen LogP contribution in [-0.4, -0.2) is 37.0 Å². The third-order valence-electron chi connectivity index (χ3n) is 5.54. The second-order valence-corrected chi connectivity index (χ2v) is 10.1. The summed E-state index contributed by atoms with van der Waals surface area (Å²) < 4.78 is 41.1. The van der Waals surface area contributed by atoms with Gasteiger partial charge in [0.2, 0.25) is 5.44 Å². The molecule has 1 N–H and O–H groups in total. The minimum Gasteiger partial charge on any atom is -0.462 e. The highest BCUT2D eigenvalue weighted by molar-refractivity contribution is 7.86. The van der Waals surface area contributed by atoms with Gasteiger partial charge in [-0.1, -0.05) is 96.1 Å². The van der Waals surface area contributed by atoms with Gasteiger partial charge in [0.15, 0.2) is 0 Å². The van der Waals surface area contributed by atoms with Gasteiger partial charge in [-0.3, -0.25) is 4.55 Å². The lowest BCUT2D eigenvalue weighted by molar-refractivity contribution is 0.0425. The van der Waals surface area contributed by atoms with Gasteiger partial charge in [-0.25, -0.2) is 9.59 Å². The monoisotopic (exact) mass is 484 g/mol. The molecule has 0 aliphatic carbocycles. The number of rotatable bonds is 18. The van der Waals surface area contributed by atoms with E-state index in [4.69, 9.17) is 14.0 Å². The number of ether oxygens (including phenoxy) is 2. The Morgan fingerprint density at radius 1 is 0.788 bits per heavy atom. The first kappa shape index (κ1) is 29.1. The molecule has 0 saturated heterocycles. The van der Waals surface area contributed by atoms with Gasteiger partial charge in [0, 0.05) is 0 Å². The van der Waals surface area contributed by atoms with Crippen molar-refractivity contribution in [1.82, 2.24) is 0 Å². The maximum absolute atomic E-state index is 12.4. The molecule has 0 heterocycles. The molecule has 1 unspecified atom stereocenters. The molecular weight excluding hydrogens is 444 g/mol. The summed E-state index contributed by atoms with van der Waals surface area (Å²) in [4.78, 5) is 24.6. The molecule has 0 amide bonds. The van der Waals surface area contributed by atoms with Crippen LogP contribution in [0.25, 0.3) is 0 Å². The molecule has 0 fully saturated rings. The Bertz CT molecular complexity index is 805. The van der Waals surface area contributed by atoms with Crippen LogP contribution in [0.1, 0.15) is 118 Å². The Balaban J connectivity index is 2.22. The average Bonchev–Trinajstić information content (AvgIpc) is 2.78. The van der Waals surface area contributed by atoms with Crippen LogP contribution >= 0.6 is 0 Å². The van der Waals surface area contributed by atoms with Crippen LogP contribution in [0.3, 0.4) is 0 Å². The molecule has 1 aromatic carbocycles. The molecule has 0 aromatic heterocycles. The van der Waals surface area contributed by atoms with Crippen molar-refractivity contribution in [1.29, 1.82) is 0 Å². The number of carbonyl (C=O) groups is 2. The van der Waals surface area contributed by atoms with E-state index in [1.807, 2.05) is 0 Å². The standard InChI is InChI=1S/C25H40O7S/c1-3-4-5-6-7-8-9-10-11-12-13-14-17-20-31-24(26)22-18-15-16-19-23(22)25(27)32-21(2)33(28,29)30/h15-16,18-19,21H,3-14,17,20H2,1-2H3,(H,28,29,30). The van der Waals surface area contributed by atoms with E-state index < -0.39 is 27.5 Å². The highest BCUT2D eigenvalue weighted by Gasteiger charge is 2.25. The molecule has 0 aliphatic heterocycles. The first-order valence-corrected chi connectivity index (χ1v) is 13.7. The highest BCUT2D eigenvalue weighted by atomic mass is 32.2. The van der Waals surface area contributed by atoms with Crippen molar-refractivity contribution >= 4 is 22.1 Å². The number of unbranched alkanes of at least 4 members (excludes halogenated alkanes) is 12. The fraction of sp³-hybridized carbons (Fsp3) is 0.680. The third-order valence-corrected chi connectivity index (χ3v) is 6.48. The molecule has 0 radical (unpaired) electrons. The molecule has 33 heavy (non-hydrogen) atoms. The fourth-order valence-corrected chi connectivity index (χ4v) is 3.69. The van der Waals surface area contributed by atoms with E-state index in [2.05, 4.69) is 6.92 Å². The van der Waals surface area contributed by atoms with Crippen LogP contribution in [0, 0.1) is 0 Å². The third kappa shape index (κ3) is 12.8. The number of hydrogen-bond donors (Lipinski definition) is 1. The predicted octanol–water partition coefficient (Wildman–Crippen LogP) is 6.33. The van der Waals surface area contributed by atoms with Crippen LogP contribution in [-0.2, 0) is 19.6 Å². The molecule has 7 nitrogen and oxygen atoms in total. The molecule has 188 valence electrons. The summed E-state index contributed by atoms with van der Waals surface area (Å²) in [5, 5.41) is 0. The van der Waals surface area contributed by atoms with Crippen molar-refractivity contribution in [2.75, 3.05) is 6.61 Å². The normalized spacial score (nSPS) is 12.3. The summed E-state index contributed by atoms with van der Waals surface area (Å²) in [5.41, 5.74) is -1.84. The summed E-state index contributed by atoms with van der Waals surface area (Å²) in [6.07, 6.45) is 15.9. The van der Waals surface area contributed by atoms with E-state index in [9.17, 15) is 18.0 Å². The van der Waals surface area contributed by atoms with Gasteiger partial charge in [0.25, 0.3) is 0 Å². The second kappa shape index (κ2) is 16.6. The molecule has 1 rings (SSSR count). The predicted molar refractivity (Wildman–Crippen MR) is 129 cm³/mol. The van der Waals surface area contributed by atoms with E-state index in [1.165, 1.54) is 82.4 Å². The van der Waals surface area contributed by atoms with Crippen molar-refractivity contribution < 1.29 is 32.0 Å². The van der Waals surface area contributed by atoms with E-state index in [-0.39, 0.29) is 17.7 Å². The molecule has 8 heteroatoms. The Morgan fingerprint density at radius 2 is 1.21 bits per heavy atom. The Labute approximate surface area is 199 Å². The van der Waals surface area contributed by atoms with Gasteiger partial charge in [0.1, 0.15) is 0 Å². The topological polar surface area (TPSA) is 107 Å². The van der Waals surface area contributed by atoms with Gasteiger partial charge in [-0.05, 0) is 25.5 Å². The van der Waals surface area contributed by atoms with Crippen LogP contribution in [0.4, 0.5) is 0 Å². The first-order chi connectivity index (χ1) is 15.8. The lowest BCUT2D eigenvalue weighted by Crippen LogP contribution is -2.25. The molecule has 0 saturated carbocycles. The van der Waals surface area contributed by atoms with Crippen molar-refractivity contribution in [3.63, 3.8) is 0 Å². The van der Waals surface area contributed by atoms with Gasteiger partial charge in [0.05, 0.1) is 17.7 Å². The number of esters is 2. The van der Waals surface area contributed by atoms with E-state index in [0.29, 0.717) is 0 Å². The number of benzene rings is 1. The van der Waals surface area contributed by atoms with Gasteiger partial charge in [-0.15, -0.1) is 0 Å². The molecular formula is C25H40O7S. The highest BCUT2D eigenvalue weighted by Crippen LogP contribution is 2.15. The largest absolute Gasteiger partial charge is 0.462 e. The molecule has 1 atom stereocenters. The average molecular weight is 485 g/mol. The molecule has 0 spiro atoms. The number of hydrogen-bond acceptors (Lipinski definition) is 6. The minimum absolute atomic E-state index is 0.000248. The fourth-order valence-electron chi connectivity index (χ4n) is 3.48. The summed E-state index contributed by atoms with van der Waals surface area (Å²) in [6.45, 7) is 3.52. The Hall–Kier alpha value is -1.93. The van der Waals surface area contributed by atoms with E-state index in [1.54, 1.807) is 6.07 Å². The minimum atomic E-state index is -4.54. The van der Waals surface area contributed by atoms with E-state index >= 15 is 0 Å². The quantitative estimate of drug-likeness (QED) is 0.147. The zero-order chi connectivity index (χ0) is 24.5. The smallest absolute Gasteiger partial charge is 0.340 e. The van der Waals surface area contributed by atoms with Gasteiger partial charge in [-0.2, -0.15) is 8.42 Å². The van der Waals surface area contributed by atoms with Crippen molar-refractivity contribution in [3.8, 4) is 0 Å². The zero-order valence-corrected chi connectivity index (χ0v) is 20.9. The maximum Gasteiger partial charge on any atom is 0.340 e. The zero-order valence-electron chi connectivity index (χ0n) is 20.1. The lowest BCUT2D eigenvalue weighted by Gasteiger charge is -2.12. The van der Waals surface area contributed by atoms with Crippen molar-refractivity contribution in [3.05, 3.63) is 35.4 Å². The molecule has 0 aliphatic rings. The van der Waals surface area contributed by atoms with Crippen LogP contribution in [0.2, 0.25) is 0 Å². The molecule has 0 bridgehead atoms. The van der Waals surface area contributed by atoms with Crippen LogP contribution < -0.4 is 0 Å². The van der Waals surface area contributed by atoms with Crippen LogP contribution in [0.15, 0.2) is 24.3 Å². The summed E-state index contributed by atoms with van der Waals surface area (Å²) in [6, 6.07) is 5.87. The summed E-state index contributed by atoms with van der Waals surface area (Å²) in [7, 11) is -4.54. The van der Waals surface area contributed by atoms with E-state index in [0.717, 1.165) is 26.2 Å². The van der Waals surface area contributed by atoms with Crippen LogP contribution in [0.5, 0.6) is 0 Å². The van der Waals surface area contributed by atoms with Gasteiger partial charge < -0.3 is 9.47 Å². The Kier molecular flexibility index (Phi) is 14.7. The van der Waals surface area contributed by atoms with Crippen molar-refractivity contribution in [2.24, 2.45) is 0 Å². The first-order valence-electron chi connectivity index (χ1n) is 12.2. The SMILES string of the molecule is CCCCCCCCCCCCCCCOC(=O)c1ccccc1C(=O)OC(C)S(=O)(=O)O. The summed E-state index contributed by atoms with van der Waals surface area (Å²) >= 11 is 0. The van der Waals surface area contributed by atoms with Crippen molar-refractivity contribution in [2.45, 2.75) is 103 Å².